The second kappa shape index (κ2) is 57.3. The Hall–Kier alpha value is -13.5. The lowest BCUT2D eigenvalue weighted by atomic mass is 10.1. The number of hydrogen-bond donors (Lipinski definition) is 0. The van der Waals surface area contributed by atoms with E-state index < -0.39 is 29.8 Å². The molecule has 25 nitrogen and oxygen atoms in total. The van der Waals surface area contributed by atoms with E-state index in [1.54, 1.807) is 165 Å². The number of esters is 8. The quantitative estimate of drug-likeness (QED) is 0.0112. The van der Waals surface area contributed by atoms with Crippen LogP contribution < -0.4 is 47.5 Å². The predicted octanol–water partition coefficient (Wildman–Crippen LogP) is 22.7. The molecule has 0 aromatic heterocycles. The zero-order chi connectivity index (χ0) is 93.0. The number of hydrogen-bond acceptors (Lipinski definition) is 25. The van der Waals surface area contributed by atoms with Crippen LogP contribution in [-0.4, -0.2) is 134 Å². The van der Waals surface area contributed by atoms with Gasteiger partial charge in [-0.25, -0.2) is 24.0 Å². The first-order valence-corrected chi connectivity index (χ1v) is 44.5. The molecule has 0 heterocycles. The number of nitrogens with zero attached hydrogens (tertiary/aromatic N) is 3. The van der Waals surface area contributed by atoms with Crippen molar-refractivity contribution in [2.45, 2.75) is 139 Å². The van der Waals surface area contributed by atoms with Gasteiger partial charge in [0.2, 0.25) is 0 Å². The van der Waals surface area contributed by atoms with Crippen LogP contribution >= 0.6 is 0 Å². The summed E-state index contributed by atoms with van der Waals surface area (Å²) < 4.78 is 76.2. The number of azo groups is 1. The van der Waals surface area contributed by atoms with Gasteiger partial charge < -0.3 is 71.2 Å². The van der Waals surface area contributed by atoms with Gasteiger partial charge in [-0.3, -0.25) is 14.4 Å². The fourth-order valence-electron chi connectivity index (χ4n) is 12.0. The largest absolute Gasteiger partial charge is 0.497 e. The number of rotatable bonds is 50. The van der Waals surface area contributed by atoms with E-state index in [2.05, 4.69) is 35.9 Å². The van der Waals surface area contributed by atoms with Crippen molar-refractivity contribution in [2.75, 3.05) is 91.2 Å². The smallest absolute Gasteiger partial charge is 0.343 e. The zero-order valence-corrected chi connectivity index (χ0v) is 76.1. The van der Waals surface area contributed by atoms with E-state index in [9.17, 15) is 38.4 Å². The Kier molecular flexibility index (Phi) is 44.9. The van der Waals surface area contributed by atoms with Crippen LogP contribution in [0, 0.1) is 17.8 Å². The van der Waals surface area contributed by atoms with Crippen molar-refractivity contribution in [3.8, 4) is 62.9 Å². The Labute approximate surface area is 762 Å². The Balaban J connectivity index is 0.000000244. The molecule has 3 unspecified atom stereocenters. The molecule has 25 heteroatoms. The van der Waals surface area contributed by atoms with Crippen LogP contribution in [0.5, 0.6) is 51.7 Å². The summed E-state index contributed by atoms with van der Waals surface area (Å²) in [7, 11) is 1.63. The lowest BCUT2D eigenvalue weighted by molar-refractivity contribution is -0.150. The number of aryl methyl sites for hydroxylation is 1. The number of unbranched alkanes of at least 4 members (excludes halogenated alkanes) is 6. The van der Waals surface area contributed by atoms with Gasteiger partial charge in [0.25, 0.3) is 0 Å². The second-order valence-electron chi connectivity index (χ2n) is 30.2. The van der Waals surface area contributed by atoms with Crippen molar-refractivity contribution >= 4 is 64.8 Å². The molecule has 0 fully saturated rings. The molecule has 0 aliphatic carbocycles. The lowest BCUT2D eigenvalue weighted by Crippen LogP contribution is -2.21. The second-order valence-corrected chi connectivity index (χ2v) is 30.2. The van der Waals surface area contributed by atoms with E-state index in [0.29, 0.717) is 139 Å². The molecule has 0 N–H and O–H groups in total. The Morgan fingerprint density at radius 1 is 0.277 bits per heavy atom. The van der Waals surface area contributed by atoms with E-state index >= 15 is 0 Å². The first-order valence-electron chi connectivity index (χ1n) is 44.5. The van der Waals surface area contributed by atoms with Crippen molar-refractivity contribution in [3.63, 3.8) is 0 Å². The summed E-state index contributed by atoms with van der Waals surface area (Å²) in [5, 5.41) is 8.57. The highest BCUT2D eigenvalue weighted by Crippen LogP contribution is 2.30. The minimum Gasteiger partial charge on any atom is -0.497 e. The van der Waals surface area contributed by atoms with Crippen LogP contribution in [-0.2, 0) is 44.5 Å². The Morgan fingerprint density at radius 3 is 0.854 bits per heavy atom. The average molecular weight is 1780 g/mol. The molecule has 0 saturated carbocycles. The summed E-state index contributed by atoms with van der Waals surface area (Å²) in [6.07, 6.45) is 10.6. The van der Waals surface area contributed by atoms with Gasteiger partial charge in [-0.1, -0.05) is 84.9 Å². The molecule has 10 rings (SSSR count). The van der Waals surface area contributed by atoms with Crippen LogP contribution in [0.2, 0.25) is 0 Å². The van der Waals surface area contributed by atoms with Gasteiger partial charge in [-0.05, 0) is 314 Å². The Morgan fingerprint density at radius 2 is 0.538 bits per heavy atom. The molecule has 0 bridgehead atoms. The molecule has 0 amide bonds. The number of carbonyl (C=O) groups is 8. The van der Waals surface area contributed by atoms with Crippen LogP contribution in [0.15, 0.2) is 253 Å². The number of ether oxygens (including phenoxy) is 14. The normalized spacial score (nSPS) is 11.5. The SMILES string of the molecule is CCC(C)C(=O)OCCCCCCOc1ccc(C(=O)Oc2ccc(C(=O)Oc3ccc(N=Nc4ccc(N(CC)CC)cc4)cc3)cc2)cc1.CCC(C)C(=O)OCCOCCOCCOc1ccc(C(=O)Oc2ccc(-c3ccc(OC)cc3)cc2)cc1.CCc1ccc(OC(=O)c2ccc(OC(=O)c3ccc(OCCCCCCOC(=O)C(C)CC)cc3)cc2)cc1. The highest BCUT2D eigenvalue weighted by atomic mass is 16.6. The highest BCUT2D eigenvalue weighted by molar-refractivity contribution is 5.94. The summed E-state index contributed by atoms with van der Waals surface area (Å²) in [6, 6.07) is 69.8. The molecule has 0 radical (unpaired) electrons. The van der Waals surface area contributed by atoms with Crippen LogP contribution in [0.4, 0.5) is 17.1 Å². The van der Waals surface area contributed by atoms with Crippen LogP contribution in [0.3, 0.4) is 0 Å². The number of benzene rings is 10. The van der Waals surface area contributed by atoms with E-state index in [-0.39, 0.29) is 42.3 Å². The van der Waals surface area contributed by atoms with Crippen LogP contribution in [0.1, 0.15) is 190 Å². The molecule has 10 aromatic rings. The van der Waals surface area contributed by atoms with Crippen molar-refractivity contribution < 1.29 is 105 Å². The molecular weight excluding hydrogens is 1660 g/mol. The summed E-state index contributed by atoms with van der Waals surface area (Å²) in [5.41, 5.74) is 7.55. The standard InChI is InChI=1S/C41H47N3O7.C33H38O7.C31H36O8/c1-5-30(4)39(45)49-29-11-9-8-10-28-48-36-22-12-31(13-23-36)40(46)50-37-24-14-32(15-25-37)41(47)51-38-26-18-34(19-27-38)43-42-33-16-20-35(21-17-33)44(6-2)7-3;1-4-24(3)31(34)38-23-9-7-6-8-22-37-28-18-12-26(13-19-28)32(35)40-30-20-14-27(15-21-30)33(36)39-29-16-10-25(5-2)11-17-29;1-4-23(2)30(32)38-22-20-36-18-17-35-19-21-37-28-13-9-26(10-14-28)31(33)39-29-15-7-25(8-16-29)24-5-11-27(34-3)12-6-24/h12-27,30H,5-11,28-29H2,1-4H3;10-21,24H,4-9,22-23H2,1-3H3;5-16,23H,4,17-22H2,1-3H3. The van der Waals surface area contributed by atoms with Crippen molar-refractivity contribution in [2.24, 2.45) is 28.0 Å². The summed E-state index contributed by atoms with van der Waals surface area (Å²) >= 11 is 0. The summed E-state index contributed by atoms with van der Waals surface area (Å²) in [4.78, 5) is 100.0. The van der Waals surface area contributed by atoms with Crippen molar-refractivity contribution in [1.82, 2.24) is 0 Å². The van der Waals surface area contributed by atoms with E-state index in [1.807, 2.05) is 114 Å². The number of carbonyl (C=O) groups excluding carboxylic acids is 8. The highest BCUT2D eigenvalue weighted by Gasteiger charge is 2.19. The molecule has 688 valence electrons. The maximum atomic E-state index is 12.7. The van der Waals surface area contributed by atoms with E-state index in [1.165, 1.54) is 12.1 Å². The van der Waals surface area contributed by atoms with Crippen molar-refractivity contribution in [1.29, 1.82) is 0 Å². The summed E-state index contributed by atoms with van der Waals surface area (Å²) in [5.74, 6) is 1.52. The first-order chi connectivity index (χ1) is 63.2. The number of anilines is 1. The maximum Gasteiger partial charge on any atom is 0.343 e. The zero-order valence-electron chi connectivity index (χ0n) is 76.1. The van der Waals surface area contributed by atoms with Crippen molar-refractivity contribution in [3.05, 3.63) is 276 Å². The molecule has 10 aromatic carbocycles. The Bertz CT molecular complexity index is 5070. The van der Waals surface area contributed by atoms with Gasteiger partial charge >= 0.3 is 47.8 Å². The maximum absolute atomic E-state index is 12.7. The van der Waals surface area contributed by atoms with Gasteiger partial charge in [0, 0.05) is 18.8 Å². The lowest BCUT2D eigenvalue weighted by Gasteiger charge is -2.20. The third kappa shape index (κ3) is 36.7. The van der Waals surface area contributed by atoms with Gasteiger partial charge in [0.05, 0.1) is 117 Å². The van der Waals surface area contributed by atoms with Crippen LogP contribution in [0.25, 0.3) is 11.1 Å². The molecule has 3 atom stereocenters. The topological polar surface area (TPSA) is 294 Å². The molecule has 130 heavy (non-hydrogen) atoms. The monoisotopic (exact) mass is 1780 g/mol. The molecule has 0 aliphatic rings. The molecule has 0 aliphatic heterocycles. The molecule has 0 saturated heterocycles. The fourth-order valence-corrected chi connectivity index (χ4v) is 12.0. The predicted molar refractivity (Wildman–Crippen MR) is 498 cm³/mol. The summed E-state index contributed by atoms with van der Waals surface area (Å²) in [6.45, 7) is 23.9. The van der Waals surface area contributed by atoms with Gasteiger partial charge in [0.15, 0.2) is 0 Å². The first kappa shape index (κ1) is 102. The minimum atomic E-state index is -0.547. The molecular formula is C105H121N3O22. The third-order valence-electron chi connectivity index (χ3n) is 20.7. The van der Waals surface area contributed by atoms with E-state index in [0.717, 1.165) is 124 Å². The average Bonchev–Trinajstić information content (AvgIpc) is 0.850. The minimum absolute atomic E-state index is 0.0413. The third-order valence-corrected chi connectivity index (χ3v) is 20.7. The van der Waals surface area contributed by atoms with Gasteiger partial charge in [-0.2, -0.15) is 10.2 Å². The van der Waals surface area contributed by atoms with Gasteiger partial charge in [-0.15, -0.1) is 0 Å². The van der Waals surface area contributed by atoms with E-state index in [4.69, 9.17) is 66.3 Å². The molecule has 0 spiro atoms. The number of methoxy groups -OCH3 is 1. The van der Waals surface area contributed by atoms with Gasteiger partial charge in [0.1, 0.15) is 65.0 Å². The fraction of sp³-hybridized carbons (Fsp3) is 0.352.